The number of nitrogens with two attached hydrogens (primary N) is 1. The first-order valence-corrected chi connectivity index (χ1v) is 7.22. The van der Waals surface area contributed by atoms with Crippen LogP contribution in [0.5, 0.6) is 0 Å². The lowest BCUT2D eigenvalue weighted by molar-refractivity contribution is -0.144. The number of rotatable bonds is 3. The molecule has 2 fully saturated rings. The number of nitrogens with zero attached hydrogens (tertiary/aromatic N) is 1. The monoisotopic (exact) mass is 290 g/mol. The summed E-state index contributed by atoms with van der Waals surface area (Å²) in [4.78, 5) is 14.1. The lowest BCUT2D eigenvalue weighted by Crippen LogP contribution is -2.49. The average Bonchev–Trinajstić information content (AvgIpc) is 2.42. The van der Waals surface area contributed by atoms with Crippen LogP contribution in [0.1, 0.15) is 44.9 Å². The van der Waals surface area contributed by atoms with Gasteiger partial charge in [0.15, 0.2) is 0 Å². The van der Waals surface area contributed by atoms with Crippen molar-refractivity contribution in [3.63, 3.8) is 0 Å². The Morgan fingerprint density at radius 2 is 1.79 bits per heavy atom. The molecule has 112 valence electrons. The zero-order chi connectivity index (χ0) is 13.0. The van der Waals surface area contributed by atoms with Crippen LogP contribution in [-0.4, -0.2) is 43.7 Å². The largest absolute Gasteiger partial charge is 0.370 e. The van der Waals surface area contributed by atoms with Crippen molar-refractivity contribution in [1.82, 2.24) is 4.90 Å². The zero-order valence-corrected chi connectivity index (χ0v) is 12.7. The summed E-state index contributed by atoms with van der Waals surface area (Å²) < 4.78 is 5.14. The molecule has 4 nitrogen and oxygen atoms in total. The van der Waals surface area contributed by atoms with E-state index in [0.29, 0.717) is 5.41 Å². The number of amides is 1. The summed E-state index contributed by atoms with van der Waals surface area (Å²) in [5.41, 5.74) is 6.10. The van der Waals surface area contributed by atoms with Gasteiger partial charge >= 0.3 is 0 Å². The topological polar surface area (TPSA) is 55.6 Å². The zero-order valence-electron chi connectivity index (χ0n) is 11.9. The van der Waals surface area contributed by atoms with Crippen LogP contribution in [0.15, 0.2) is 0 Å². The second-order valence-corrected chi connectivity index (χ2v) is 5.85. The average molecular weight is 291 g/mol. The van der Waals surface area contributed by atoms with Gasteiger partial charge in [-0.05, 0) is 31.1 Å². The molecule has 0 aromatic carbocycles. The standard InChI is InChI=1S/C14H26N2O2.ClH/c1-18-12(11-15)13(17)16-9-7-14(8-10-16)5-3-2-4-6-14;/h12H,2-11,15H2,1H3;1H. The molecule has 5 heteroatoms. The molecule has 0 radical (unpaired) electrons. The van der Waals surface area contributed by atoms with Gasteiger partial charge in [0.25, 0.3) is 5.91 Å². The third-order valence-electron chi connectivity index (χ3n) is 4.82. The van der Waals surface area contributed by atoms with Gasteiger partial charge in [0, 0.05) is 26.7 Å². The van der Waals surface area contributed by atoms with E-state index in [-0.39, 0.29) is 24.9 Å². The van der Waals surface area contributed by atoms with Gasteiger partial charge in [0.2, 0.25) is 0 Å². The van der Waals surface area contributed by atoms with Crippen molar-refractivity contribution < 1.29 is 9.53 Å². The van der Waals surface area contributed by atoms with E-state index in [9.17, 15) is 4.79 Å². The quantitative estimate of drug-likeness (QED) is 0.864. The van der Waals surface area contributed by atoms with Crippen molar-refractivity contribution >= 4 is 18.3 Å². The summed E-state index contributed by atoms with van der Waals surface area (Å²) in [6.07, 6.45) is 8.74. The molecule has 0 bridgehead atoms. The van der Waals surface area contributed by atoms with Crippen LogP contribution in [0.25, 0.3) is 0 Å². The highest BCUT2D eigenvalue weighted by Gasteiger charge is 2.37. The van der Waals surface area contributed by atoms with E-state index in [1.54, 1.807) is 7.11 Å². The van der Waals surface area contributed by atoms with Crippen molar-refractivity contribution in [2.24, 2.45) is 11.1 Å². The van der Waals surface area contributed by atoms with E-state index < -0.39 is 6.10 Å². The van der Waals surface area contributed by atoms with Crippen LogP contribution in [0.4, 0.5) is 0 Å². The van der Waals surface area contributed by atoms with Crippen LogP contribution in [0.3, 0.4) is 0 Å². The Morgan fingerprint density at radius 1 is 1.21 bits per heavy atom. The van der Waals surface area contributed by atoms with Gasteiger partial charge in [-0.3, -0.25) is 4.79 Å². The molecule has 2 aliphatic rings. The molecule has 2 N–H and O–H groups in total. The fourth-order valence-corrected chi connectivity index (χ4v) is 3.50. The van der Waals surface area contributed by atoms with Crippen molar-refractivity contribution in [3.05, 3.63) is 0 Å². The van der Waals surface area contributed by atoms with Gasteiger partial charge in [-0.2, -0.15) is 0 Å². The molecule has 1 unspecified atom stereocenters. The van der Waals surface area contributed by atoms with Crippen LogP contribution in [-0.2, 0) is 9.53 Å². The first-order valence-electron chi connectivity index (χ1n) is 7.22. The molecule has 19 heavy (non-hydrogen) atoms. The predicted molar refractivity (Wildman–Crippen MR) is 78.4 cm³/mol. The number of likely N-dealkylation sites (tertiary alicyclic amines) is 1. The summed E-state index contributed by atoms with van der Waals surface area (Å²) in [6, 6.07) is 0. The number of carbonyl (C=O) groups excluding carboxylic acids is 1. The minimum absolute atomic E-state index is 0. The van der Waals surface area contributed by atoms with Gasteiger partial charge in [-0.25, -0.2) is 0 Å². The third kappa shape index (κ3) is 3.83. The fraction of sp³-hybridized carbons (Fsp3) is 0.929. The highest BCUT2D eigenvalue weighted by atomic mass is 35.5. The van der Waals surface area contributed by atoms with Crippen LogP contribution >= 0.6 is 12.4 Å². The highest BCUT2D eigenvalue weighted by molar-refractivity contribution is 5.85. The Bertz CT molecular complexity index is 279. The molecular formula is C14H27ClN2O2. The minimum Gasteiger partial charge on any atom is -0.370 e. The lowest BCUT2D eigenvalue weighted by atomic mass is 9.68. The van der Waals surface area contributed by atoms with E-state index in [2.05, 4.69) is 0 Å². The van der Waals surface area contributed by atoms with E-state index in [0.717, 1.165) is 13.1 Å². The van der Waals surface area contributed by atoms with Gasteiger partial charge in [-0.15, -0.1) is 12.4 Å². The Balaban J connectivity index is 0.00000180. The molecule has 1 heterocycles. The van der Waals surface area contributed by atoms with E-state index in [1.807, 2.05) is 4.90 Å². The Morgan fingerprint density at radius 3 is 2.26 bits per heavy atom. The summed E-state index contributed by atoms with van der Waals surface area (Å²) >= 11 is 0. The Kier molecular flexibility index (Phi) is 6.57. The van der Waals surface area contributed by atoms with Crippen LogP contribution in [0, 0.1) is 5.41 Å². The lowest BCUT2D eigenvalue weighted by Gasteiger charge is -2.44. The second kappa shape index (κ2) is 7.46. The van der Waals surface area contributed by atoms with Crippen molar-refractivity contribution in [2.75, 3.05) is 26.7 Å². The molecule has 0 aromatic heterocycles. The highest BCUT2D eigenvalue weighted by Crippen LogP contribution is 2.44. The summed E-state index contributed by atoms with van der Waals surface area (Å²) in [5.74, 6) is 0.0747. The second-order valence-electron chi connectivity index (χ2n) is 5.85. The molecule has 1 aliphatic heterocycles. The maximum absolute atomic E-state index is 12.2. The molecule has 2 rings (SSSR count). The number of halogens is 1. The molecule has 0 aromatic rings. The van der Waals surface area contributed by atoms with Crippen LogP contribution < -0.4 is 5.73 Å². The van der Waals surface area contributed by atoms with Gasteiger partial charge in [0.05, 0.1) is 0 Å². The number of hydrogen-bond acceptors (Lipinski definition) is 3. The van der Waals surface area contributed by atoms with Gasteiger partial charge in [0.1, 0.15) is 6.10 Å². The number of ether oxygens (including phenoxy) is 1. The molecule has 1 spiro atoms. The molecule has 1 aliphatic carbocycles. The van der Waals surface area contributed by atoms with E-state index >= 15 is 0 Å². The van der Waals surface area contributed by atoms with Gasteiger partial charge in [-0.1, -0.05) is 19.3 Å². The maximum atomic E-state index is 12.2. The van der Waals surface area contributed by atoms with E-state index in [1.165, 1.54) is 44.9 Å². The molecule has 1 saturated heterocycles. The third-order valence-corrected chi connectivity index (χ3v) is 4.82. The van der Waals surface area contributed by atoms with Gasteiger partial charge < -0.3 is 15.4 Å². The van der Waals surface area contributed by atoms with Crippen LogP contribution in [0.2, 0.25) is 0 Å². The maximum Gasteiger partial charge on any atom is 0.253 e. The molecule has 1 atom stereocenters. The molecular weight excluding hydrogens is 264 g/mol. The summed E-state index contributed by atoms with van der Waals surface area (Å²) in [7, 11) is 1.56. The smallest absolute Gasteiger partial charge is 0.253 e. The molecule has 1 amide bonds. The minimum atomic E-state index is -0.453. The first-order chi connectivity index (χ1) is 8.71. The van der Waals surface area contributed by atoms with Crippen molar-refractivity contribution in [1.29, 1.82) is 0 Å². The summed E-state index contributed by atoms with van der Waals surface area (Å²) in [6.45, 7) is 2.05. The number of carbonyl (C=O) groups is 1. The Labute approximate surface area is 122 Å². The number of hydrogen-bond donors (Lipinski definition) is 1. The normalized spacial score (nSPS) is 23.8. The number of methoxy groups -OCH3 is 1. The number of piperidine rings is 1. The van der Waals surface area contributed by atoms with E-state index in [4.69, 9.17) is 10.5 Å². The van der Waals surface area contributed by atoms with Crippen molar-refractivity contribution in [3.8, 4) is 0 Å². The fourth-order valence-electron chi connectivity index (χ4n) is 3.50. The first kappa shape index (κ1) is 16.7. The Hall–Kier alpha value is -0.320. The SMILES string of the molecule is COC(CN)C(=O)N1CCC2(CCCCC2)CC1.Cl. The molecule has 1 saturated carbocycles. The summed E-state index contributed by atoms with van der Waals surface area (Å²) in [5, 5.41) is 0. The van der Waals surface area contributed by atoms with Crippen molar-refractivity contribution in [2.45, 2.75) is 51.0 Å². The predicted octanol–water partition coefficient (Wildman–Crippen LogP) is 1.95.